The second kappa shape index (κ2) is 10.3. The maximum Gasteiger partial charge on any atom is 0.251 e. The van der Waals surface area contributed by atoms with Gasteiger partial charge in [-0.25, -0.2) is 0 Å². The van der Waals surface area contributed by atoms with Crippen molar-refractivity contribution < 1.29 is 19.1 Å². The Bertz CT molecular complexity index is 1390. The largest absolute Gasteiger partial charge is 0.454 e. The van der Waals surface area contributed by atoms with Gasteiger partial charge in [-0.1, -0.05) is 29.8 Å². The number of benzene rings is 3. The van der Waals surface area contributed by atoms with Crippen LogP contribution in [-0.2, 0) is 11.3 Å². The third kappa shape index (κ3) is 5.39. The van der Waals surface area contributed by atoms with Crippen molar-refractivity contribution in [3.05, 3.63) is 83.5 Å². The van der Waals surface area contributed by atoms with E-state index in [0.29, 0.717) is 40.9 Å². The summed E-state index contributed by atoms with van der Waals surface area (Å²) in [5, 5.41) is 7.51. The number of nitrogens with zero attached hydrogens (tertiary/aromatic N) is 1. The Kier molecular flexibility index (Phi) is 6.83. The number of carbonyl (C=O) groups is 2. The smallest absolute Gasteiger partial charge is 0.251 e. The molecule has 0 spiro atoms. The van der Waals surface area contributed by atoms with E-state index in [9.17, 15) is 9.59 Å². The zero-order valence-corrected chi connectivity index (χ0v) is 20.2. The number of rotatable bonds is 8. The molecule has 0 radical (unpaired) electrons. The number of hydrogen-bond acceptors (Lipinski definition) is 5. The molecule has 1 aliphatic heterocycles. The van der Waals surface area contributed by atoms with Gasteiger partial charge in [0.05, 0.1) is 5.75 Å². The lowest BCUT2D eigenvalue weighted by Crippen LogP contribution is -2.27. The summed E-state index contributed by atoms with van der Waals surface area (Å²) in [6, 6.07) is 20.2. The molecule has 0 atom stereocenters. The van der Waals surface area contributed by atoms with E-state index in [4.69, 9.17) is 21.1 Å². The summed E-state index contributed by atoms with van der Waals surface area (Å²) in [5.74, 6) is 1.31. The second-order valence-electron chi connectivity index (χ2n) is 7.87. The molecule has 35 heavy (non-hydrogen) atoms. The van der Waals surface area contributed by atoms with Crippen LogP contribution in [0, 0.1) is 0 Å². The van der Waals surface area contributed by atoms with Crippen molar-refractivity contribution in [2.24, 2.45) is 0 Å². The molecule has 0 fully saturated rings. The van der Waals surface area contributed by atoms with Crippen molar-refractivity contribution >= 4 is 51.8 Å². The zero-order valence-electron chi connectivity index (χ0n) is 18.6. The molecule has 0 saturated carbocycles. The molecule has 0 unspecified atom stereocenters. The molecule has 178 valence electrons. The van der Waals surface area contributed by atoms with Gasteiger partial charge in [0.15, 0.2) is 11.5 Å². The first kappa shape index (κ1) is 23.1. The molecule has 2 heterocycles. The molecule has 1 aromatic heterocycles. The summed E-state index contributed by atoms with van der Waals surface area (Å²) < 4.78 is 12.8. The normalized spacial score (nSPS) is 12.0. The third-order valence-corrected chi connectivity index (χ3v) is 6.81. The molecule has 7 nitrogen and oxygen atoms in total. The third-order valence-electron chi connectivity index (χ3n) is 5.51. The number of aromatic nitrogens is 1. The summed E-state index contributed by atoms with van der Waals surface area (Å²) in [5.41, 5.74) is 2.28. The molecule has 2 amide bonds. The van der Waals surface area contributed by atoms with E-state index < -0.39 is 0 Å². The fourth-order valence-electron chi connectivity index (χ4n) is 3.82. The Hall–Kier alpha value is -3.62. The van der Waals surface area contributed by atoms with Crippen LogP contribution in [0.25, 0.3) is 10.9 Å². The number of hydrogen-bond donors (Lipinski definition) is 2. The minimum Gasteiger partial charge on any atom is -0.454 e. The summed E-state index contributed by atoms with van der Waals surface area (Å²) in [4.78, 5) is 25.9. The maximum absolute atomic E-state index is 12.6. The minimum atomic E-state index is -0.145. The van der Waals surface area contributed by atoms with Gasteiger partial charge in [0.2, 0.25) is 12.7 Å². The SMILES string of the molecule is O=C(CSc1cn(CCNC(=O)c2ccc(Cl)cc2)c2ccccc12)Nc1ccc2c(c1)OCO2. The molecule has 9 heteroatoms. The molecule has 4 aromatic rings. The van der Waals surface area contributed by atoms with Crippen LogP contribution in [0.4, 0.5) is 5.69 Å². The fraction of sp³-hybridized carbons (Fsp3) is 0.154. The summed E-state index contributed by atoms with van der Waals surface area (Å²) in [7, 11) is 0. The van der Waals surface area contributed by atoms with E-state index in [-0.39, 0.29) is 24.4 Å². The van der Waals surface area contributed by atoms with Gasteiger partial charge in [0, 0.05) is 57.4 Å². The predicted molar refractivity (Wildman–Crippen MR) is 138 cm³/mol. The van der Waals surface area contributed by atoms with Gasteiger partial charge in [-0.05, 0) is 42.5 Å². The van der Waals surface area contributed by atoms with E-state index >= 15 is 0 Å². The second-order valence-corrected chi connectivity index (χ2v) is 9.33. The van der Waals surface area contributed by atoms with Crippen molar-refractivity contribution in [1.82, 2.24) is 9.88 Å². The molecule has 5 rings (SSSR count). The predicted octanol–water partition coefficient (Wildman–Crippen LogP) is 5.18. The molecule has 2 N–H and O–H groups in total. The lowest BCUT2D eigenvalue weighted by molar-refractivity contribution is -0.113. The lowest BCUT2D eigenvalue weighted by atomic mass is 10.2. The van der Waals surface area contributed by atoms with Crippen LogP contribution in [0.5, 0.6) is 11.5 Å². The Morgan fingerprint density at radius 2 is 1.80 bits per heavy atom. The van der Waals surface area contributed by atoms with Gasteiger partial charge < -0.3 is 24.7 Å². The first-order valence-electron chi connectivity index (χ1n) is 11.0. The van der Waals surface area contributed by atoms with Crippen LogP contribution in [0.2, 0.25) is 5.02 Å². The average Bonchev–Trinajstić information content (AvgIpc) is 3.47. The van der Waals surface area contributed by atoms with Gasteiger partial charge in [0.25, 0.3) is 5.91 Å². The number of halogens is 1. The van der Waals surface area contributed by atoms with Crippen molar-refractivity contribution in [3.8, 4) is 11.5 Å². The minimum absolute atomic E-state index is 0.110. The Balaban J connectivity index is 1.20. The van der Waals surface area contributed by atoms with Crippen molar-refractivity contribution in [1.29, 1.82) is 0 Å². The van der Waals surface area contributed by atoms with E-state index in [0.717, 1.165) is 15.8 Å². The number of anilines is 1. The van der Waals surface area contributed by atoms with Gasteiger partial charge in [0.1, 0.15) is 0 Å². The Morgan fingerprint density at radius 1 is 1.00 bits per heavy atom. The number of fused-ring (bicyclic) bond motifs is 2. The highest BCUT2D eigenvalue weighted by atomic mass is 35.5. The van der Waals surface area contributed by atoms with Crippen LogP contribution in [-0.4, -0.2) is 35.5 Å². The van der Waals surface area contributed by atoms with Crippen molar-refractivity contribution in [2.45, 2.75) is 11.4 Å². The van der Waals surface area contributed by atoms with Crippen LogP contribution in [0.3, 0.4) is 0 Å². The highest BCUT2D eigenvalue weighted by Gasteiger charge is 2.15. The van der Waals surface area contributed by atoms with E-state index in [1.165, 1.54) is 11.8 Å². The van der Waals surface area contributed by atoms with Crippen molar-refractivity contribution in [2.75, 3.05) is 24.4 Å². The molecule has 1 aliphatic rings. The topological polar surface area (TPSA) is 81.6 Å². The number of thioether (sulfide) groups is 1. The van der Waals surface area contributed by atoms with Crippen LogP contribution in [0.1, 0.15) is 10.4 Å². The maximum atomic E-state index is 12.6. The lowest BCUT2D eigenvalue weighted by Gasteiger charge is -2.08. The van der Waals surface area contributed by atoms with Crippen LogP contribution in [0.15, 0.2) is 77.8 Å². The fourth-order valence-corrected chi connectivity index (χ4v) is 4.84. The van der Waals surface area contributed by atoms with E-state index in [2.05, 4.69) is 15.2 Å². The molecule has 0 aliphatic carbocycles. The summed E-state index contributed by atoms with van der Waals surface area (Å²) in [6.07, 6.45) is 2.03. The number of amides is 2. The monoisotopic (exact) mass is 507 g/mol. The molecular formula is C26H22ClN3O4S. The van der Waals surface area contributed by atoms with Crippen molar-refractivity contribution in [3.63, 3.8) is 0 Å². The van der Waals surface area contributed by atoms with Gasteiger partial charge >= 0.3 is 0 Å². The van der Waals surface area contributed by atoms with Gasteiger partial charge in [-0.2, -0.15) is 0 Å². The Labute approximate surface area is 211 Å². The highest BCUT2D eigenvalue weighted by Crippen LogP contribution is 2.34. The quantitative estimate of drug-likeness (QED) is 0.321. The van der Waals surface area contributed by atoms with Crippen LogP contribution < -0.4 is 20.1 Å². The summed E-state index contributed by atoms with van der Waals surface area (Å²) in [6.45, 7) is 1.26. The molecule has 3 aromatic carbocycles. The standard InChI is InChI=1S/C26H22ClN3O4S/c27-18-7-5-17(6-8-18)26(32)28-11-12-30-14-24(20-3-1-2-4-21(20)30)35-15-25(31)29-19-9-10-22-23(13-19)34-16-33-22/h1-10,13-14H,11-12,15-16H2,(H,28,32)(H,29,31). The van der Waals surface area contributed by atoms with Crippen LogP contribution >= 0.6 is 23.4 Å². The van der Waals surface area contributed by atoms with Gasteiger partial charge in [-0.15, -0.1) is 11.8 Å². The first-order valence-corrected chi connectivity index (χ1v) is 12.4. The van der Waals surface area contributed by atoms with E-state index in [1.807, 2.05) is 30.5 Å². The Morgan fingerprint density at radius 3 is 2.66 bits per heavy atom. The summed E-state index contributed by atoms with van der Waals surface area (Å²) >= 11 is 7.37. The number of para-hydroxylation sites is 1. The highest BCUT2D eigenvalue weighted by molar-refractivity contribution is 8.00. The zero-order chi connectivity index (χ0) is 24.2. The molecule has 0 bridgehead atoms. The van der Waals surface area contributed by atoms with Gasteiger partial charge in [-0.3, -0.25) is 9.59 Å². The first-order chi connectivity index (χ1) is 17.1. The average molecular weight is 508 g/mol. The molecule has 0 saturated heterocycles. The number of nitrogens with one attached hydrogen (secondary N) is 2. The number of ether oxygens (including phenoxy) is 2. The molecular weight excluding hydrogens is 486 g/mol. The van der Waals surface area contributed by atoms with E-state index in [1.54, 1.807) is 42.5 Å². The number of carbonyl (C=O) groups excluding carboxylic acids is 2.